The van der Waals surface area contributed by atoms with Crippen LogP contribution in [-0.4, -0.2) is 49.0 Å². The Hall–Kier alpha value is -2.86. The Bertz CT molecular complexity index is 800. The summed E-state index contributed by atoms with van der Waals surface area (Å²) >= 11 is 0. The molecule has 1 atom stereocenters. The quantitative estimate of drug-likeness (QED) is 0.756. The van der Waals surface area contributed by atoms with Gasteiger partial charge in [0.2, 0.25) is 5.91 Å². The monoisotopic (exact) mass is 395 g/mol. The Morgan fingerprint density at radius 1 is 1.07 bits per heavy atom. The van der Waals surface area contributed by atoms with Gasteiger partial charge in [0.15, 0.2) is 0 Å². The Labute approximate surface area is 172 Å². The van der Waals surface area contributed by atoms with Crippen LogP contribution in [0.1, 0.15) is 35.7 Å². The molecule has 1 aliphatic heterocycles. The van der Waals surface area contributed by atoms with Gasteiger partial charge in [0.05, 0.1) is 13.2 Å². The number of methoxy groups -OCH3 is 1. The molecule has 0 aromatic heterocycles. The van der Waals surface area contributed by atoms with Gasteiger partial charge in [0.25, 0.3) is 5.91 Å². The second-order valence-electron chi connectivity index (χ2n) is 7.39. The first-order chi connectivity index (χ1) is 14.1. The molecule has 1 saturated heterocycles. The third kappa shape index (κ3) is 5.81. The minimum absolute atomic E-state index is 0.0209. The molecular weight excluding hydrogens is 366 g/mol. The molecule has 3 rings (SSSR count). The second kappa shape index (κ2) is 10.1. The van der Waals surface area contributed by atoms with Gasteiger partial charge in [-0.25, -0.2) is 0 Å². The van der Waals surface area contributed by atoms with E-state index in [1.807, 2.05) is 61.5 Å². The van der Waals surface area contributed by atoms with Gasteiger partial charge >= 0.3 is 0 Å². The molecule has 2 N–H and O–H groups in total. The highest BCUT2D eigenvalue weighted by Crippen LogP contribution is 2.15. The lowest BCUT2D eigenvalue weighted by atomic mass is 10.0. The summed E-state index contributed by atoms with van der Waals surface area (Å²) in [7, 11) is 1.63. The lowest BCUT2D eigenvalue weighted by Crippen LogP contribution is -2.51. The van der Waals surface area contributed by atoms with Crippen molar-refractivity contribution in [2.24, 2.45) is 0 Å². The number of hydrogen-bond donors (Lipinski definition) is 2. The Morgan fingerprint density at radius 3 is 2.34 bits per heavy atom. The van der Waals surface area contributed by atoms with E-state index in [-0.39, 0.29) is 23.9 Å². The molecule has 1 fully saturated rings. The molecule has 1 heterocycles. The fourth-order valence-electron chi connectivity index (χ4n) is 3.54. The first-order valence-electron chi connectivity index (χ1n) is 10.1. The minimum atomic E-state index is -0.195. The number of carbonyl (C=O) groups excluding carboxylic acids is 2. The van der Waals surface area contributed by atoms with E-state index >= 15 is 0 Å². The number of amides is 2. The van der Waals surface area contributed by atoms with Gasteiger partial charge in [-0.2, -0.15) is 0 Å². The highest BCUT2D eigenvalue weighted by atomic mass is 16.5. The maximum atomic E-state index is 12.5. The van der Waals surface area contributed by atoms with Crippen LogP contribution in [0.25, 0.3) is 0 Å². The third-order valence-corrected chi connectivity index (χ3v) is 5.45. The number of ether oxygens (including phenoxy) is 1. The Kier molecular flexibility index (Phi) is 7.25. The van der Waals surface area contributed by atoms with Crippen molar-refractivity contribution in [2.45, 2.75) is 38.4 Å². The van der Waals surface area contributed by atoms with Crippen LogP contribution in [0.4, 0.5) is 0 Å². The summed E-state index contributed by atoms with van der Waals surface area (Å²) < 4.78 is 5.15. The number of rotatable bonds is 7. The molecule has 2 aromatic carbocycles. The minimum Gasteiger partial charge on any atom is -0.497 e. The first-order valence-corrected chi connectivity index (χ1v) is 10.1. The van der Waals surface area contributed by atoms with Crippen molar-refractivity contribution >= 4 is 11.8 Å². The number of benzene rings is 2. The molecule has 6 nitrogen and oxygen atoms in total. The molecule has 154 valence electrons. The number of piperidine rings is 1. The van der Waals surface area contributed by atoms with Crippen molar-refractivity contribution in [3.63, 3.8) is 0 Å². The number of nitrogens with zero attached hydrogens (tertiary/aromatic N) is 1. The van der Waals surface area contributed by atoms with Gasteiger partial charge in [-0.1, -0.05) is 30.3 Å². The molecule has 6 heteroatoms. The van der Waals surface area contributed by atoms with Crippen molar-refractivity contribution in [3.8, 4) is 5.75 Å². The molecule has 2 amide bonds. The van der Waals surface area contributed by atoms with Crippen molar-refractivity contribution < 1.29 is 14.3 Å². The van der Waals surface area contributed by atoms with Crippen LogP contribution in [0.2, 0.25) is 0 Å². The molecular formula is C23H29N3O3. The average molecular weight is 396 g/mol. The van der Waals surface area contributed by atoms with Crippen LogP contribution >= 0.6 is 0 Å². The van der Waals surface area contributed by atoms with Crippen LogP contribution in [0, 0.1) is 0 Å². The predicted octanol–water partition coefficient (Wildman–Crippen LogP) is 2.59. The van der Waals surface area contributed by atoms with E-state index < -0.39 is 0 Å². The summed E-state index contributed by atoms with van der Waals surface area (Å²) in [5, 5.41) is 6.11. The highest BCUT2D eigenvalue weighted by Gasteiger charge is 2.27. The summed E-state index contributed by atoms with van der Waals surface area (Å²) in [4.78, 5) is 27.0. The average Bonchev–Trinajstić information content (AvgIpc) is 2.78. The molecule has 0 radical (unpaired) electrons. The topological polar surface area (TPSA) is 70.7 Å². The second-order valence-corrected chi connectivity index (χ2v) is 7.39. The highest BCUT2D eigenvalue weighted by molar-refractivity contribution is 5.94. The van der Waals surface area contributed by atoms with Crippen molar-refractivity contribution in [1.82, 2.24) is 15.5 Å². The van der Waals surface area contributed by atoms with E-state index in [4.69, 9.17) is 4.74 Å². The molecule has 0 saturated carbocycles. The summed E-state index contributed by atoms with van der Waals surface area (Å²) in [5.74, 6) is 0.789. The third-order valence-electron chi connectivity index (χ3n) is 5.45. The molecule has 0 unspecified atom stereocenters. The van der Waals surface area contributed by atoms with Crippen LogP contribution in [0.3, 0.4) is 0 Å². The normalized spacial score (nSPS) is 16.1. The Morgan fingerprint density at radius 2 is 1.72 bits per heavy atom. The SMILES string of the molecule is COc1ccc(CNC(=O)[C@H](C)N2CCC(NC(=O)c3ccccc3)CC2)cc1. The lowest BCUT2D eigenvalue weighted by molar-refractivity contribution is -0.126. The van der Waals surface area contributed by atoms with Crippen LogP contribution in [0.5, 0.6) is 5.75 Å². The molecule has 29 heavy (non-hydrogen) atoms. The number of nitrogens with one attached hydrogen (secondary N) is 2. The summed E-state index contributed by atoms with van der Waals surface area (Å²) in [6, 6.07) is 16.9. The van der Waals surface area contributed by atoms with Crippen molar-refractivity contribution in [2.75, 3.05) is 20.2 Å². The van der Waals surface area contributed by atoms with E-state index in [0.29, 0.717) is 12.1 Å². The smallest absolute Gasteiger partial charge is 0.251 e. The van der Waals surface area contributed by atoms with Gasteiger partial charge < -0.3 is 15.4 Å². The van der Waals surface area contributed by atoms with Crippen LogP contribution in [-0.2, 0) is 11.3 Å². The number of hydrogen-bond acceptors (Lipinski definition) is 4. The Balaban J connectivity index is 1.42. The van der Waals surface area contributed by atoms with Gasteiger partial charge in [-0.05, 0) is 49.6 Å². The molecule has 0 aliphatic carbocycles. The maximum Gasteiger partial charge on any atom is 0.251 e. The largest absolute Gasteiger partial charge is 0.497 e. The van der Waals surface area contributed by atoms with E-state index in [1.165, 1.54) is 0 Å². The standard InChI is InChI=1S/C23H29N3O3/c1-17(22(27)24-16-18-8-10-21(29-2)11-9-18)26-14-12-20(13-15-26)25-23(28)19-6-4-3-5-7-19/h3-11,17,20H,12-16H2,1-2H3,(H,24,27)(H,25,28)/t17-/m0/s1. The fourth-order valence-corrected chi connectivity index (χ4v) is 3.54. The van der Waals surface area contributed by atoms with E-state index in [0.717, 1.165) is 37.2 Å². The summed E-state index contributed by atoms with van der Waals surface area (Å²) in [6.07, 6.45) is 1.68. The first kappa shape index (κ1) is 20.9. The van der Waals surface area contributed by atoms with E-state index in [1.54, 1.807) is 7.11 Å². The van der Waals surface area contributed by atoms with Gasteiger partial charge in [-0.3, -0.25) is 14.5 Å². The molecule has 0 bridgehead atoms. The predicted molar refractivity (Wildman–Crippen MR) is 113 cm³/mol. The molecule has 2 aromatic rings. The fraction of sp³-hybridized carbons (Fsp3) is 0.391. The number of carbonyl (C=O) groups is 2. The van der Waals surface area contributed by atoms with Gasteiger partial charge in [0.1, 0.15) is 5.75 Å². The van der Waals surface area contributed by atoms with Crippen molar-refractivity contribution in [3.05, 3.63) is 65.7 Å². The zero-order valence-electron chi connectivity index (χ0n) is 17.1. The van der Waals surface area contributed by atoms with Gasteiger partial charge in [0, 0.05) is 31.2 Å². The molecule has 1 aliphatic rings. The van der Waals surface area contributed by atoms with E-state index in [2.05, 4.69) is 15.5 Å². The van der Waals surface area contributed by atoms with Gasteiger partial charge in [-0.15, -0.1) is 0 Å². The lowest BCUT2D eigenvalue weighted by Gasteiger charge is -2.35. The zero-order valence-corrected chi connectivity index (χ0v) is 17.1. The van der Waals surface area contributed by atoms with Crippen LogP contribution in [0.15, 0.2) is 54.6 Å². The van der Waals surface area contributed by atoms with Crippen LogP contribution < -0.4 is 15.4 Å². The summed E-state index contributed by atoms with van der Waals surface area (Å²) in [5.41, 5.74) is 1.72. The number of likely N-dealkylation sites (tertiary alicyclic amines) is 1. The van der Waals surface area contributed by atoms with Crippen molar-refractivity contribution in [1.29, 1.82) is 0 Å². The molecule has 0 spiro atoms. The van der Waals surface area contributed by atoms with E-state index in [9.17, 15) is 9.59 Å². The maximum absolute atomic E-state index is 12.5. The summed E-state index contributed by atoms with van der Waals surface area (Å²) in [6.45, 7) is 4.01. The zero-order chi connectivity index (χ0) is 20.6.